The fourth-order valence-corrected chi connectivity index (χ4v) is 4.34. The minimum Gasteiger partial charge on any atom is -0.355 e. The van der Waals surface area contributed by atoms with Gasteiger partial charge in [0.2, 0.25) is 0 Å². The number of piperidine rings is 2. The molecule has 2 aromatic rings. The van der Waals surface area contributed by atoms with Gasteiger partial charge in [0, 0.05) is 31.9 Å². The summed E-state index contributed by atoms with van der Waals surface area (Å²) in [5.41, 5.74) is 2.99. The summed E-state index contributed by atoms with van der Waals surface area (Å²) >= 11 is 0. The van der Waals surface area contributed by atoms with Gasteiger partial charge in [0.1, 0.15) is 11.9 Å². The van der Waals surface area contributed by atoms with E-state index in [1.807, 2.05) is 29.5 Å². The first-order valence-electron chi connectivity index (χ1n) is 10.4. The maximum atomic E-state index is 12.6. The summed E-state index contributed by atoms with van der Waals surface area (Å²) in [6.07, 6.45) is 6.87. The van der Waals surface area contributed by atoms with Crippen molar-refractivity contribution in [3.8, 4) is 6.07 Å². The molecule has 0 atom stereocenters. The lowest BCUT2D eigenvalue weighted by atomic mass is 10.0. The topological polar surface area (TPSA) is 90.9 Å². The maximum Gasteiger partial charge on any atom is 0.276 e. The monoisotopic (exact) mass is 393 g/mol. The normalized spacial score (nSPS) is 18.0. The average molecular weight is 393 g/mol. The van der Waals surface area contributed by atoms with Crippen LogP contribution in [0, 0.1) is 25.2 Å². The van der Waals surface area contributed by atoms with Gasteiger partial charge in [0.25, 0.3) is 5.91 Å². The average Bonchev–Trinajstić information content (AvgIpc) is 3.24. The number of aryl methyl sites for hydroxylation is 2. The standard InChI is InChI=1S/C21H27N7O/c1-15-12-16(2)23-20(18(15)13-22)26-10-6-17(7-11-26)28-14-19(24-25-28)21(29)27-8-4-3-5-9-27/h12,14,17H,3-11H2,1-2H3. The van der Waals surface area contributed by atoms with Crippen LogP contribution in [0.1, 0.15) is 65.5 Å². The lowest BCUT2D eigenvalue weighted by Crippen LogP contribution is -2.36. The highest BCUT2D eigenvalue weighted by Gasteiger charge is 2.27. The number of nitriles is 1. The quantitative estimate of drug-likeness (QED) is 0.796. The molecule has 2 saturated heterocycles. The van der Waals surface area contributed by atoms with Gasteiger partial charge >= 0.3 is 0 Å². The van der Waals surface area contributed by atoms with E-state index in [1.54, 1.807) is 6.20 Å². The van der Waals surface area contributed by atoms with E-state index in [-0.39, 0.29) is 11.9 Å². The van der Waals surface area contributed by atoms with Crippen LogP contribution in [-0.2, 0) is 0 Å². The van der Waals surface area contributed by atoms with Crippen LogP contribution >= 0.6 is 0 Å². The molecular formula is C21H27N7O. The molecule has 0 bridgehead atoms. The van der Waals surface area contributed by atoms with Gasteiger partial charge < -0.3 is 9.80 Å². The van der Waals surface area contributed by atoms with E-state index in [4.69, 9.17) is 0 Å². The van der Waals surface area contributed by atoms with Gasteiger partial charge in [-0.3, -0.25) is 4.79 Å². The number of nitrogens with zero attached hydrogens (tertiary/aromatic N) is 7. The number of hydrogen-bond donors (Lipinski definition) is 0. The van der Waals surface area contributed by atoms with Crippen LogP contribution in [0.4, 0.5) is 5.82 Å². The molecule has 2 aliphatic heterocycles. The molecule has 0 N–H and O–H groups in total. The number of likely N-dealkylation sites (tertiary alicyclic amines) is 1. The smallest absolute Gasteiger partial charge is 0.276 e. The first-order valence-corrected chi connectivity index (χ1v) is 10.4. The Kier molecular flexibility index (Phi) is 5.47. The van der Waals surface area contributed by atoms with Crippen molar-refractivity contribution < 1.29 is 4.79 Å². The van der Waals surface area contributed by atoms with E-state index in [0.29, 0.717) is 11.3 Å². The molecule has 8 heteroatoms. The van der Waals surface area contributed by atoms with Crippen LogP contribution in [0.3, 0.4) is 0 Å². The third-order valence-corrected chi connectivity index (χ3v) is 5.95. The van der Waals surface area contributed by atoms with Crippen LogP contribution in [0.5, 0.6) is 0 Å². The molecule has 4 heterocycles. The van der Waals surface area contributed by atoms with E-state index < -0.39 is 0 Å². The van der Waals surface area contributed by atoms with Gasteiger partial charge in [-0.2, -0.15) is 5.26 Å². The second-order valence-electron chi connectivity index (χ2n) is 8.05. The molecule has 8 nitrogen and oxygen atoms in total. The Balaban J connectivity index is 1.43. The number of pyridine rings is 1. The second-order valence-corrected chi connectivity index (χ2v) is 8.05. The Morgan fingerprint density at radius 2 is 1.86 bits per heavy atom. The highest BCUT2D eigenvalue weighted by molar-refractivity contribution is 5.92. The van der Waals surface area contributed by atoms with E-state index in [2.05, 4.69) is 26.3 Å². The number of hydrogen-bond acceptors (Lipinski definition) is 6. The Bertz CT molecular complexity index is 931. The van der Waals surface area contributed by atoms with Gasteiger partial charge in [-0.25, -0.2) is 9.67 Å². The third kappa shape index (κ3) is 3.95. The van der Waals surface area contributed by atoms with Crippen LogP contribution in [-0.4, -0.2) is 57.0 Å². The number of carbonyl (C=O) groups is 1. The molecule has 2 fully saturated rings. The highest BCUT2D eigenvalue weighted by Crippen LogP contribution is 2.28. The first kappa shape index (κ1) is 19.4. The summed E-state index contributed by atoms with van der Waals surface area (Å²) in [7, 11) is 0. The zero-order valence-corrected chi connectivity index (χ0v) is 17.1. The van der Waals surface area contributed by atoms with Crippen molar-refractivity contribution in [2.75, 3.05) is 31.1 Å². The number of carbonyl (C=O) groups excluding carboxylic acids is 1. The Hall–Kier alpha value is -2.95. The number of anilines is 1. The highest BCUT2D eigenvalue weighted by atomic mass is 16.2. The molecule has 4 rings (SSSR count). The summed E-state index contributed by atoms with van der Waals surface area (Å²) in [6.45, 7) is 7.14. The first-order chi connectivity index (χ1) is 14.1. The molecular weight excluding hydrogens is 366 g/mol. The zero-order valence-electron chi connectivity index (χ0n) is 17.1. The molecule has 2 aromatic heterocycles. The molecule has 0 unspecified atom stereocenters. The lowest BCUT2D eigenvalue weighted by molar-refractivity contribution is 0.0718. The van der Waals surface area contributed by atoms with E-state index in [1.165, 1.54) is 6.42 Å². The van der Waals surface area contributed by atoms with Crippen molar-refractivity contribution in [3.63, 3.8) is 0 Å². The number of aromatic nitrogens is 4. The summed E-state index contributed by atoms with van der Waals surface area (Å²) in [4.78, 5) is 21.3. The minimum atomic E-state index is -0.00789. The van der Waals surface area contributed by atoms with Crippen molar-refractivity contribution >= 4 is 11.7 Å². The van der Waals surface area contributed by atoms with E-state index >= 15 is 0 Å². The van der Waals surface area contributed by atoms with Crippen molar-refractivity contribution in [2.45, 2.75) is 52.0 Å². The van der Waals surface area contributed by atoms with Gasteiger partial charge in [-0.1, -0.05) is 5.21 Å². The summed E-state index contributed by atoms with van der Waals surface area (Å²) in [5, 5.41) is 17.9. The molecule has 0 saturated carbocycles. The molecule has 1 amide bonds. The molecule has 152 valence electrons. The van der Waals surface area contributed by atoms with E-state index in [9.17, 15) is 10.1 Å². The Morgan fingerprint density at radius 3 is 2.55 bits per heavy atom. The summed E-state index contributed by atoms with van der Waals surface area (Å²) in [5.74, 6) is 0.773. The van der Waals surface area contributed by atoms with Crippen LogP contribution in [0.25, 0.3) is 0 Å². The van der Waals surface area contributed by atoms with Crippen molar-refractivity contribution in [3.05, 3.63) is 34.8 Å². The Morgan fingerprint density at radius 1 is 1.14 bits per heavy atom. The predicted octanol–water partition coefficient (Wildman–Crippen LogP) is 2.63. The minimum absolute atomic E-state index is 0.00789. The summed E-state index contributed by atoms with van der Waals surface area (Å²) < 4.78 is 1.84. The fraction of sp³-hybridized carbons (Fsp3) is 0.571. The number of rotatable bonds is 3. The molecule has 2 aliphatic rings. The van der Waals surface area contributed by atoms with Gasteiger partial charge in [-0.15, -0.1) is 5.10 Å². The zero-order chi connectivity index (χ0) is 20.4. The van der Waals surface area contributed by atoms with Crippen molar-refractivity contribution in [2.24, 2.45) is 0 Å². The summed E-state index contributed by atoms with van der Waals surface area (Å²) in [6, 6.07) is 4.46. The van der Waals surface area contributed by atoms with Crippen molar-refractivity contribution in [1.82, 2.24) is 24.9 Å². The van der Waals surface area contributed by atoms with Crippen LogP contribution < -0.4 is 4.90 Å². The molecule has 0 spiro atoms. The second kappa shape index (κ2) is 8.19. The fourth-order valence-electron chi connectivity index (χ4n) is 4.34. The van der Waals surface area contributed by atoms with Gasteiger partial charge in [0.15, 0.2) is 5.69 Å². The molecule has 0 radical (unpaired) electrons. The lowest BCUT2D eigenvalue weighted by Gasteiger charge is -2.33. The SMILES string of the molecule is Cc1cc(C)c(C#N)c(N2CCC(n3cc(C(=O)N4CCCCC4)nn3)CC2)n1. The van der Waals surface area contributed by atoms with Gasteiger partial charge in [0.05, 0.1) is 17.8 Å². The van der Waals surface area contributed by atoms with Crippen LogP contribution in [0.2, 0.25) is 0 Å². The predicted molar refractivity (Wildman–Crippen MR) is 109 cm³/mol. The molecule has 0 aliphatic carbocycles. The van der Waals surface area contributed by atoms with Gasteiger partial charge in [-0.05, 0) is 57.6 Å². The van der Waals surface area contributed by atoms with Crippen molar-refractivity contribution in [1.29, 1.82) is 5.26 Å². The molecule has 0 aromatic carbocycles. The largest absolute Gasteiger partial charge is 0.355 e. The number of amides is 1. The molecule has 29 heavy (non-hydrogen) atoms. The third-order valence-electron chi connectivity index (χ3n) is 5.95. The van der Waals surface area contributed by atoms with E-state index in [0.717, 1.165) is 68.9 Å². The maximum absolute atomic E-state index is 12.6. The Labute approximate surface area is 171 Å². The van der Waals surface area contributed by atoms with Crippen LogP contribution in [0.15, 0.2) is 12.3 Å².